The minimum atomic E-state index is -0.460. The monoisotopic (exact) mass is 296 g/mol. The second kappa shape index (κ2) is 8.49. The number of carbonyl (C=O) groups is 1. The summed E-state index contributed by atoms with van der Waals surface area (Å²) in [5, 5.41) is 5.26. The Morgan fingerprint density at radius 3 is 2.33 bits per heavy atom. The summed E-state index contributed by atoms with van der Waals surface area (Å²) in [5.74, 6) is 0.807. The second-order valence-electron chi connectivity index (χ2n) is 4.73. The molecule has 0 bridgehead atoms. The van der Waals surface area contributed by atoms with Crippen LogP contribution in [0.5, 0.6) is 5.75 Å². The van der Waals surface area contributed by atoms with Gasteiger partial charge in [-0.3, -0.25) is 0 Å². The molecule has 0 fully saturated rings. The van der Waals surface area contributed by atoms with Crippen LogP contribution in [0, 0.1) is 20.8 Å². The summed E-state index contributed by atoms with van der Waals surface area (Å²) < 4.78 is 15.6. The highest BCUT2D eigenvalue weighted by Gasteiger charge is 2.09. The minimum absolute atomic E-state index is 0.0988. The molecule has 2 amide bonds. The Bertz CT molecular complexity index is 473. The maximum Gasteiger partial charge on any atom is 0.317 e. The van der Waals surface area contributed by atoms with Gasteiger partial charge in [0.15, 0.2) is 13.0 Å². The van der Waals surface area contributed by atoms with E-state index < -0.39 is 6.29 Å². The maximum atomic E-state index is 11.6. The highest BCUT2D eigenvalue weighted by Crippen LogP contribution is 2.25. The average molecular weight is 296 g/mol. The van der Waals surface area contributed by atoms with Crippen LogP contribution in [0.2, 0.25) is 0 Å². The van der Waals surface area contributed by atoms with Gasteiger partial charge < -0.3 is 24.8 Å². The van der Waals surface area contributed by atoms with Gasteiger partial charge in [0.1, 0.15) is 5.75 Å². The van der Waals surface area contributed by atoms with Gasteiger partial charge in [-0.15, -0.1) is 0 Å². The number of amides is 2. The Morgan fingerprint density at radius 1 is 1.10 bits per heavy atom. The van der Waals surface area contributed by atoms with Crippen LogP contribution in [0.3, 0.4) is 0 Å². The molecule has 2 N–H and O–H groups in total. The summed E-state index contributed by atoms with van der Waals surface area (Å²) in [7, 11) is 3.03. The van der Waals surface area contributed by atoms with E-state index >= 15 is 0 Å². The summed E-state index contributed by atoms with van der Waals surface area (Å²) in [6.45, 7) is 6.36. The van der Waals surface area contributed by atoms with E-state index in [1.165, 1.54) is 14.2 Å². The molecule has 0 aliphatic carbocycles. The predicted octanol–water partition coefficient (Wildman–Crippen LogP) is 1.87. The van der Waals surface area contributed by atoms with E-state index in [2.05, 4.69) is 10.6 Å². The van der Waals surface area contributed by atoms with Crippen LogP contribution in [0.4, 0.5) is 4.79 Å². The van der Waals surface area contributed by atoms with Crippen LogP contribution in [0.25, 0.3) is 0 Å². The molecule has 0 saturated carbocycles. The first-order valence-electron chi connectivity index (χ1n) is 6.76. The van der Waals surface area contributed by atoms with Crippen LogP contribution in [-0.2, 0) is 9.47 Å². The Morgan fingerprint density at radius 2 is 1.71 bits per heavy atom. The maximum absolute atomic E-state index is 11.6. The van der Waals surface area contributed by atoms with Gasteiger partial charge in [0.25, 0.3) is 0 Å². The number of rotatable bonds is 7. The van der Waals surface area contributed by atoms with Gasteiger partial charge in [-0.25, -0.2) is 4.79 Å². The summed E-state index contributed by atoms with van der Waals surface area (Å²) in [4.78, 5) is 11.6. The predicted molar refractivity (Wildman–Crippen MR) is 80.5 cm³/mol. The number of nitrogens with one attached hydrogen (secondary N) is 2. The molecule has 6 nitrogen and oxygen atoms in total. The van der Waals surface area contributed by atoms with Crippen molar-refractivity contribution in [3.8, 4) is 5.75 Å². The fourth-order valence-electron chi connectivity index (χ4n) is 1.82. The van der Waals surface area contributed by atoms with Crippen LogP contribution in [0.15, 0.2) is 12.1 Å². The first-order valence-corrected chi connectivity index (χ1v) is 6.76. The zero-order chi connectivity index (χ0) is 15.8. The molecule has 21 heavy (non-hydrogen) atoms. The van der Waals surface area contributed by atoms with E-state index in [1.54, 1.807) is 0 Å². The SMILES string of the molecule is COC(CNC(=O)NCOc1c(C)ccc(C)c1C)OC. The van der Waals surface area contributed by atoms with Crippen molar-refractivity contribution in [2.24, 2.45) is 0 Å². The Balaban J connectivity index is 2.40. The lowest BCUT2D eigenvalue weighted by atomic mass is 10.1. The number of hydrogen-bond acceptors (Lipinski definition) is 4. The fraction of sp³-hybridized carbons (Fsp3) is 0.533. The molecule has 0 atom stereocenters. The fourth-order valence-corrected chi connectivity index (χ4v) is 1.82. The molecule has 1 rings (SSSR count). The number of methoxy groups -OCH3 is 2. The lowest BCUT2D eigenvalue weighted by molar-refractivity contribution is -0.0972. The molecule has 0 spiro atoms. The molecule has 0 aliphatic heterocycles. The number of benzene rings is 1. The third-order valence-electron chi connectivity index (χ3n) is 3.28. The third kappa shape index (κ3) is 5.24. The van der Waals surface area contributed by atoms with Gasteiger partial charge in [0, 0.05) is 14.2 Å². The molecule has 0 unspecified atom stereocenters. The van der Waals surface area contributed by atoms with Crippen molar-refractivity contribution in [3.63, 3.8) is 0 Å². The minimum Gasteiger partial charge on any atom is -0.473 e. The number of ether oxygens (including phenoxy) is 3. The van der Waals surface area contributed by atoms with Crippen LogP contribution < -0.4 is 15.4 Å². The summed E-state index contributed by atoms with van der Waals surface area (Å²) >= 11 is 0. The van der Waals surface area contributed by atoms with E-state index in [-0.39, 0.29) is 19.3 Å². The normalized spacial score (nSPS) is 10.6. The topological polar surface area (TPSA) is 68.8 Å². The molecule has 0 aromatic heterocycles. The summed E-state index contributed by atoms with van der Waals surface area (Å²) in [6.07, 6.45) is -0.460. The van der Waals surface area contributed by atoms with Gasteiger partial charge in [0.05, 0.1) is 6.54 Å². The Labute approximate surface area is 125 Å². The average Bonchev–Trinajstić information content (AvgIpc) is 2.48. The number of urea groups is 1. The number of hydrogen-bond donors (Lipinski definition) is 2. The first-order chi connectivity index (χ1) is 9.99. The van der Waals surface area contributed by atoms with Crippen molar-refractivity contribution < 1.29 is 19.0 Å². The summed E-state index contributed by atoms with van der Waals surface area (Å²) in [6, 6.07) is 3.71. The van der Waals surface area contributed by atoms with Gasteiger partial charge in [-0.1, -0.05) is 12.1 Å². The molecule has 6 heteroatoms. The first kappa shape index (κ1) is 17.3. The zero-order valence-electron chi connectivity index (χ0n) is 13.3. The van der Waals surface area contributed by atoms with E-state index in [4.69, 9.17) is 14.2 Å². The number of carbonyl (C=O) groups excluding carboxylic acids is 1. The number of aryl methyl sites for hydroxylation is 2. The second-order valence-corrected chi connectivity index (χ2v) is 4.73. The highest BCUT2D eigenvalue weighted by molar-refractivity contribution is 5.73. The van der Waals surface area contributed by atoms with Gasteiger partial charge in [0.2, 0.25) is 0 Å². The van der Waals surface area contributed by atoms with E-state index in [0.717, 1.165) is 22.4 Å². The molecule has 1 aromatic rings. The standard InChI is InChI=1S/C15H24N2O4/c1-10-6-7-11(2)14(12(10)3)21-9-17-15(18)16-8-13(19-4)20-5/h6-7,13H,8-9H2,1-5H3,(H2,16,17,18). The summed E-state index contributed by atoms with van der Waals surface area (Å²) in [5.41, 5.74) is 3.28. The highest BCUT2D eigenvalue weighted by atomic mass is 16.7. The van der Waals surface area contributed by atoms with Crippen molar-refractivity contribution in [1.82, 2.24) is 10.6 Å². The molecule has 0 aliphatic rings. The van der Waals surface area contributed by atoms with Gasteiger partial charge in [-0.05, 0) is 37.5 Å². The molecule has 0 saturated heterocycles. The van der Waals surface area contributed by atoms with Crippen molar-refractivity contribution >= 4 is 6.03 Å². The van der Waals surface area contributed by atoms with Crippen LogP contribution >= 0.6 is 0 Å². The molecule has 0 heterocycles. The van der Waals surface area contributed by atoms with E-state index in [9.17, 15) is 4.79 Å². The zero-order valence-corrected chi connectivity index (χ0v) is 13.3. The largest absolute Gasteiger partial charge is 0.473 e. The Hall–Kier alpha value is -1.79. The van der Waals surface area contributed by atoms with E-state index in [1.807, 2.05) is 32.9 Å². The van der Waals surface area contributed by atoms with Crippen molar-refractivity contribution in [1.29, 1.82) is 0 Å². The quantitative estimate of drug-likeness (QED) is 0.754. The molecular formula is C15H24N2O4. The van der Waals surface area contributed by atoms with Crippen molar-refractivity contribution in [2.45, 2.75) is 27.1 Å². The van der Waals surface area contributed by atoms with Gasteiger partial charge in [-0.2, -0.15) is 0 Å². The molecule has 0 radical (unpaired) electrons. The van der Waals surface area contributed by atoms with Crippen LogP contribution in [0.1, 0.15) is 16.7 Å². The van der Waals surface area contributed by atoms with Crippen molar-refractivity contribution in [3.05, 3.63) is 28.8 Å². The molecule has 118 valence electrons. The lowest BCUT2D eigenvalue weighted by Crippen LogP contribution is -2.42. The molecular weight excluding hydrogens is 272 g/mol. The molecule has 1 aromatic carbocycles. The van der Waals surface area contributed by atoms with Crippen molar-refractivity contribution in [2.75, 3.05) is 27.5 Å². The van der Waals surface area contributed by atoms with Crippen LogP contribution in [-0.4, -0.2) is 39.8 Å². The Kier molecular flexibility index (Phi) is 6.98. The van der Waals surface area contributed by atoms with Gasteiger partial charge >= 0.3 is 6.03 Å². The third-order valence-corrected chi connectivity index (χ3v) is 3.28. The smallest absolute Gasteiger partial charge is 0.317 e. The lowest BCUT2D eigenvalue weighted by Gasteiger charge is -2.16. The van der Waals surface area contributed by atoms with E-state index in [0.29, 0.717) is 0 Å².